The Bertz CT molecular complexity index is 475. The molecule has 0 amide bonds. The fourth-order valence-corrected chi connectivity index (χ4v) is 5.70. The van der Waals surface area contributed by atoms with Gasteiger partial charge >= 0.3 is 0 Å². The van der Waals surface area contributed by atoms with Gasteiger partial charge in [-0.2, -0.15) is 0 Å². The van der Waals surface area contributed by atoms with E-state index >= 15 is 0 Å². The Morgan fingerprint density at radius 2 is 1.05 bits per heavy atom. The van der Waals surface area contributed by atoms with Gasteiger partial charge in [-0.3, -0.25) is 5.32 Å². The minimum Gasteiger partial charge on any atom is -0.394 e. The smallest absolute Gasteiger partial charge is 0.0971 e. The van der Waals surface area contributed by atoms with E-state index in [4.69, 9.17) is 10.5 Å². The summed E-state index contributed by atoms with van der Waals surface area (Å²) in [5.74, 6) is 0. The van der Waals surface area contributed by atoms with Crippen molar-refractivity contribution in [2.45, 2.75) is 206 Å². The van der Waals surface area contributed by atoms with Crippen molar-refractivity contribution in [2.75, 3.05) is 19.9 Å². The minimum absolute atomic E-state index is 0.126. The van der Waals surface area contributed by atoms with Crippen LogP contribution in [0.2, 0.25) is 0 Å². The van der Waals surface area contributed by atoms with E-state index in [1.165, 1.54) is 154 Å². The van der Waals surface area contributed by atoms with Gasteiger partial charge in [-0.25, -0.2) is 0 Å². The molecule has 0 aromatic carbocycles. The average Bonchev–Trinajstić information content (AvgIpc) is 3.44. The Morgan fingerprint density at radius 3 is 1.38 bits per heavy atom. The summed E-state index contributed by atoms with van der Waals surface area (Å²) in [5.41, 5.74) is 6.05. The molecule has 1 rings (SSSR count). The van der Waals surface area contributed by atoms with Crippen molar-refractivity contribution in [3.63, 3.8) is 0 Å². The first kappa shape index (κ1) is 38.8. The standard InChI is InChI=1S/C18H37NO.C17H37NO/c1-3-5-6-7-8-9-10-11-12-13-14-15-18(4-2)16-20-17-19-18;1-3-5-6-7-8-9-10-11-12-13-14-15-17(18,4-2)16-19/h19H,3-17H2,1-2H3;19H,3-16,18H2,1-2H3. The summed E-state index contributed by atoms with van der Waals surface area (Å²) in [6, 6.07) is 0. The highest BCUT2D eigenvalue weighted by Crippen LogP contribution is 2.24. The van der Waals surface area contributed by atoms with Gasteiger partial charge in [-0.1, -0.05) is 169 Å². The second kappa shape index (κ2) is 28.0. The second-order valence-corrected chi connectivity index (χ2v) is 12.7. The first-order valence-electron chi connectivity index (χ1n) is 17.7. The molecule has 1 fully saturated rings. The van der Waals surface area contributed by atoms with Gasteiger partial charge in [0.05, 0.1) is 19.9 Å². The van der Waals surface area contributed by atoms with Crippen LogP contribution in [0, 0.1) is 0 Å². The molecule has 0 saturated carbocycles. The molecule has 0 radical (unpaired) electrons. The lowest BCUT2D eigenvalue weighted by Gasteiger charge is -2.26. The van der Waals surface area contributed by atoms with Crippen LogP contribution in [0.5, 0.6) is 0 Å². The molecule has 0 aliphatic carbocycles. The van der Waals surface area contributed by atoms with Crippen LogP contribution in [-0.4, -0.2) is 36.1 Å². The lowest BCUT2D eigenvalue weighted by molar-refractivity contribution is 0.171. The van der Waals surface area contributed by atoms with E-state index in [1.807, 2.05) is 0 Å². The van der Waals surface area contributed by atoms with Crippen molar-refractivity contribution in [1.29, 1.82) is 0 Å². The summed E-state index contributed by atoms with van der Waals surface area (Å²) in [7, 11) is 0. The zero-order chi connectivity index (χ0) is 28.9. The Kier molecular flexibility index (Phi) is 27.9. The summed E-state index contributed by atoms with van der Waals surface area (Å²) in [6.45, 7) is 10.7. The van der Waals surface area contributed by atoms with Crippen molar-refractivity contribution in [3.8, 4) is 0 Å². The van der Waals surface area contributed by atoms with E-state index in [9.17, 15) is 5.11 Å². The van der Waals surface area contributed by atoms with Crippen molar-refractivity contribution in [2.24, 2.45) is 5.73 Å². The van der Waals surface area contributed by atoms with E-state index in [0.717, 1.165) is 26.2 Å². The van der Waals surface area contributed by atoms with Gasteiger partial charge in [0.2, 0.25) is 0 Å². The fraction of sp³-hybridized carbons (Fsp3) is 1.00. The molecule has 1 heterocycles. The van der Waals surface area contributed by atoms with Crippen LogP contribution < -0.4 is 11.1 Å². The molecular weight excluding hydrogens is 480 g/mol. The molecule has 1 aliphatic heterocycles. The van der Waals surface area contributed by atoms with E-state index in [-0.39, 0.29) is 12.1 Å². The molecule has 1 aliphatic rings. The van der Waals surface area contributed by atoms with Crippen LogP contribution in [-0.2, 0) is 4.74 Å². The Morgan fingerprint density at radius 1 is 0.641 bits per heavy atom. The molecule has 236 valence electrons. The number of nitrogens with one attached hydrogen (secondary N) is 1. The number of unbranched alkanes of at least 4 members (excludes halogenated alkanes) is 20. The largest absolute Gasteiger partial charge is 0.394 e. The monoisotopic (exact) mass is 555 g/mol. The van der Waals surface area contributed by atoms with Gasteiger partial charge in [0.15, 0.2) is 0 Å². The number of aliphatic hydroxyl groups excluding tert-OH is 1. The van der Waals surface area contributed by atoms with E-state index in [2.05, 4.69) is 33.0 Å². The van der Waals surface area contributed by atoms with Crippen LogP contribution in [0.15, 0.2) is 0 Å². The highest BCUT2D eigenvalue weighted by atomic mass is 16.5. The average molecular weight is 555 g/mol. The number of rotatable bonds is 27. The van der Waals surface area contributed by atoms with Crippen molar-refractivity contribution in [3.05, 3.63) is 0 Å². The zero-order valence-electron chi connectivity index (χ0n) is 27.4. The van der Waals surface area contributed by atoms with Crippen molar-refractivity contribution < 1.29 is 9.84 Å². The maximum absolute atomic E-state index is 9.22. The summed E-state index contributed by atoms with van der Waals surface area (Å²) < 4.78 is 5.49. The molecule has 0 aromatic rings. The first-order chi connectivity index (χ1) is 19.0. The number of nitrogens with two attached hydrogens (primary N) is 1. The fourth-order valence-electron chi connectivity index (χ4n) is 5.70. The highest BCUT2D eigenvalue weighted by molar-refractivity contribution is 4.88. The Hall–Kier alpha value is -0.160. The number of hydrogen-bond acceptors (Lipinski definition) is 4. The number of ether oxygens (including phenoxy) is 1. The van der Waals surface area contributed by atoms with Crippen LogP contribution in [0.25, 0.3) is 0 Å². The van der Waals surface area contributed by atoms with Gasteiger partial charge in [-0.15, -0.1) is 0 Å². The van der Waals surface area contributed by atoms with Crippen LogP contribution in [0.4, 0.5) is 0 Å². The predicted molar refractivity (Wildman–Crippen MR) is 173 cm³/mol. The topological polar surface area (TPSA) is 67.5 Å². The SMILES string of the molecule is CCCCCCCCCCCCCC(N)(CC)CO.CCCCCCCCCCCCCC1(CC)COCN1. The van der Waals surface area contributed by atoms with E-state index in [1.54, 1.807) is 0 Å². The summed E-state index contributed by atoms with van der Waals surface area (Å²) in [4.78, 5) is 0. The van der Waals surface area contributed by atoms with Gasteiger partial charge in [0.1, 0.15) is 0 Å². The predicted octanol–water partition coefficient (Wildman–Crippen LogP) is 10.2. The maximum Gasteiger partial charge on any atom is 0.0971 e. The zero-order valence-corrected chi connectivity index (χ0v) is 27.4. The van der Waals surface area contributed by atoms with Gasteiger partial charge in [0, 0.05) is 11.1 Å². The summed E-state index contributed by atoms with van der Waals surface area (Å²) in [6.07, 6.45) is 35.0. The molecule has 0 bridgehead atoms. The quantitative estimate of drug-likeness (QED) is 0.0883. The van der Waals surface area contributed by atoms with Gasteiger partial charge in [-0.05, 0) is 25.7 Å². The Balaban J connectivity index is 0.000000742. The second-order valence-electron chi connectivity index (χ2n) is 12.7. The molecule has 2 atom stereocenters. The first-order valence-corrected chi connectivity index (χ1v) is 17.7. The van der Waals surface area contributed by atoms with Crippen molar-refractivity contribution in [1.82, 2.24) is 5.32 Å². The molecule has 4 N–H and O–H groups in total. The lowest BCUT2D eigenvalue weighted by Crippen LogP contribution is -2.42. The Labute approximate surface area is 246 Å². The molecule has 4 heteroatoms. The lowest BCUT2D eigenvalue weighted by atomic mass is 9.90. The summed E-state index contributed by atoms with van der Waals surface area (Å²) in [5, 5.41) is 12.8. The third-order valence-corrected chi connectivity index (χ3v) is 9.16. The molecule has 4 nitrogen and oxygen atoms in total. The highest BCUT2D eigenvalue weighted by Gasteiger charge is 2.31. The number of aliphatic hydroxyl groups is 1. The van der Waals surface area contributed by atoms with Crippen molar-refractivity contribution >= 4 is 0 Å². The van der Waals surface area contributed by atoms with Crippen LogP contribution in [0.1, 0.15) is 195 Å². The number of hydrogen-bond donors (Lipinski definition) is 3. The van der Waals surface area contributed by atoms with E-state index < -0.39 is 0 Å². The molecular formula is C35H74N2O2. The normalized spacial score (nSPS) is 18.6. The van der Waals surface area contributed by atoms with Gasteiger partial charge in [0.25, 0.3) is 0 Å². The maximum atomic E-state index is 9.22. The third kappa shape index (κ3) is 23.1. The van der Waals surface area contributed by atoms with Crippen LogP contribution >= 0.6 is 0 Å². The van der Waals surface area contributed by atoms with Gasteiger partial charge < -0.3 is 15.6 Å². The van der Waals surface area contributed by atoms with Crippen LogP contribution in [0.3, 0.4) is 0 Å². The summed E-state index contributed by atoms with van der Waals surface area (Å²) >= 11 is 0. The minimum atomic E-state index is -0.320. The molecule has 2 unspecified atom stereocenters. The van der Waals surface area contributed by atoms with E-state index in [0.29, 0.717) is 5.54 Å². The molecule has 1 saturated heterocycles. The molecule has 0 spiro atoms. The molecule has 39 heavy (non-hydrogen) atoms. The molecule has 0 aromatic heterocycles. The third-order valence-electron chi connectivity index (χ3n) is 9.16.